The Bertz CT molecular complexity index is 787. The SMILES string of the molecule is CCC(C)c1ccc(N=c2[n-][n+](-c3ccccc3)no2)cc1. The molecule has 0 amide bonds. The fourth-order valence-electron chi connectivity index (χ4n) is 2.13. The molecule has 0 spiro atoms. The predicted octanol–water partition coefficient (Wildman–Crippen LogP) is 2.65. The van der Waals surface area contributed by atoms with Gasteiger partial charge in [-0.15, -0.1) is 0 Å². The van der Waals surface area contributed by atoms with Crippen LogP contribution in [0.15, 0.2) is 64.1 Å². The van der Waals surface area contributed by atoms with Crippen molar-refractivity contribution in [2.75, 3.05) is 0 Å². The number of hydrogen-bond acceptors (Lipinski definition) is 3. The minimum absolute atomic E-state index is 0.236. The van der Waals surface area contributed by atoms with Gasteiger partial charge >= 0.3 is 0 Å². The van der Waals surface area contributed by atoms with Crippen LogP contribution in [0.25, 0.3) is 5.69 Å². The first-order valence-electron chi connectivity index (χ1n) is 7.39. The molecule has 0 aliphatic heterocycles. The molecule has 22 heavy (non-hydrogen) atoms. The van der Waals surface area contributed by atoms with Gasteiger partial charge in [0.15, 0.2) is 0 Å². The molecule has 3 aromatic rings. The number of benzene rings is 2. The molecule has 0 N–H and O–H groups in total. The van der Waals surface area contributed by atoms with E-state index in [1.807, 2.05) is 42.5 Å². The summed E-state index contributed by atoms with van der Waals surface area (Å²) in [6, 6.07) is 17.7. The maximum absolute atomic E-state index is 5.16. The largest absolute Gasteiger partial charge is 0.360 e. The second-order valence-corrected chi connectivity index (χ2v) is 5.19. The van der Waals surface area contributed by atoms with E-state index in [9.17, 15) is 0 Å². The predicted molar refractivity (Wildman–Crippen MR) is 81.7 cm³/mol. The third-order valence-corrected chi connectivity index (χ3v) is 3.67. The van der Waals surface area contributed by atoms with E-state index in [1.54, 1.807) is 0 Å². The van der Waals surface area contributed by atoms with Gasteiger partial charge in [-0.05, 0) is 28.4 Å². The number of para-hydroxylation sites is 1. The standard InChI is InChI=1S/C17H18N4O/c1-3-13(2)14-9-11-15(12-10-14)18-17-19-21(20-22-17)16-7-5-4-6-8-16/h4-13H,3H2,1-2H3. The average molecular weight is 294 g/mol. The van der Waals surface area contributed by atoms with Crippen LogP contribution in [0.5, 0.6) is 0 Å². The maximum atomic E-state index is 5.16. The molecular formula is C17H18N4O. The minimum atomic E-state index is 0.236. The lowest BCUT2D eigenvalue weighted by Gasteiger charge is -2.08. The number of hydrogen-bond donors (Lipinski definition) is 0. The zero-order valence-corrected chi connectivity index (χ0v) is 12.7. The molecule has 2 aromatic carbocycles. The summed E-state index contributed by atoms with van der Waals surface area (Å²) in [6.07, 6.45) is 1.12. The lowest BCUT2D eigenvalue weighted by atomic mass is 9.99. The van der Waals surface area contributed by atoms with Crippen LogP contribution < -0.4 is 15.6 Å². The van der Waals surface area contributed by atoms with Crippen molar-refractivity contribution in [1.82, 2.24) is 10.4 Å². The average Bonchev–Trinajstić information content (AvgIpc) is 3.04. The Hall–Kier alpha value is -2.69. The molecule has 1 aromatic heterocycles. The molecule has 1 unspecified atom stereocenters. The van der Waals surface area contributed by atoms with Crippen LogP contribution >= 0.6 is 0 Å². The first kappa shape index (κ1) is 14.3. The molecule has 0 aliphatic carbocycles. The second-order valence-electron chi connectivity index (χ2n) is 5.19. The molecule has 0 bridgehead atoms. The van der Waals surface area contributed by atoms with Gasteiger partial charge in [0.2, 0.25) is 5.69 Å². The topological polar surface area (TPSA) is 56.4 Å². The van der Waals surface area contributed by atoms with Crippen LogP contribution in [-0.2, 0) is 0 Å². The van der Waals surface area contributed by atoms with E-state index in [0.29, 0.717) is 5.92 Å². The summed E-state index contributed by atoms with van der Waals surface area (Å²) in [6.45, 7) is 4.40. The summed E-state index contributed by atoms with van der Waals surface area (Å²) in [5.74, 6) is 0.553. The van der Waals surface area contributed by atoms with Crippen molar-refractivity contribution in [3.8, 4) is 5.69 Å². The van der Waals surface area contributed by atoms with Crippen LogP contribution in [0.3, 0.4) is 0 Å². The van der Waals surface area contributed by atoms with Crippen molar-refractivity contribution in [2.24, 2.45) is 4.99 Å². The summed E-state index contributed by atoms with van der Waals surface area (Å²) in [7, 11) is 0. The third-order valence-electron chi connectivity index (χ3n) is 3.67. The van der Waals surface area contributed by atoms with Gasteiger partial charge in [-0.25, -0.2) is 0 Å². The van der Waals surface area contributed by atoms with Crippen LogP contribution in [0, 0.1) is 0 Å². The van der Waals surface area contributed by atoms with Gasteiger partial charge < -0.3 is 9.52 Å². The van der Waals surface area contributed by atoms with Gasteiger partial charge in [0, 0.05) is 12.1 Å². The molecule has 5 heteroatoms. The molecule has 0 fully saturated rings. The van der Waals surface area contributed by atoms with E-state index >= 15 is 0 Å². The van der Waals surface area contributed by atoms with E-state index in [1.165, 1.54) is 10.4 Å². The first-order chi connectivity index (χ1) is 10.8. The zero-order valence-electron chi connectivity index (χ0n) is 12.7. The fraction of sp³-hybridized carbons (Fsp3) is 0.235. The molecule has 3 rings (SSSR count). The highest BCUT2D eigenvalue weighted by atomic mass is 16.5. The number of nitrogens with zero attached hydrogens (tertiary/aromatic N) is 4. The highest BCUT2D eigenvalue weighted by Gasteiger charge is 2.05. The molecule has 1 heterocycles. The molecule has 0 aliphatic rings. The molecule has 112 valence electrons. The normalized spacial score (nSPS) is 13.3. The smallest absolute Gasteiger partial charge is 0.252 e. The zero-order chi connectivity index (χ0) is 15.4. The van der Waals surface area contributed by atoms with Crippen molar-refractivity contribution in [3.05, 3.63) is 65.8 Å². The number of aromatic nitrogens is 3. The quantitative estimate of drug-likeness (QED) is 0.695. The van der Waals surface area contributed by atoms with Crippen molar-refractivity contribution >= 4 is 5.69 Å². The van der Waals surface area contributed by atoms with Gasteiger partial charge in [-0.3, -0.25) is 0 Å². The van der Waals surface area contributed by atoms with E-state index in [0.717, 1.165) is 17.8 Å². The second kappa shape index (κ2) is 6.39. The lowest BCUT2D eigenvalue weighted by molar-refractivity contribution is -0.730. The van der Waals surface area contributed by atoms with Crippen LogP contribution in [0.1, 0.15) is 31.7 Å². The van der Waals surface area contributed by atoms with Crippen molar-refractivity contribution in [2.45, 2.75) is 26.2 Å². The molecule has 0 saturated carbocycles. The van der Waals surface area contributed by atoms with E-state index in [-0.39, 0.29) is 5.68 Å². The molecular weight excluding hydrogens is 276 g/mol. The third kappa shape index (κ3) is 3.14. The highest BCUT2D eigenvalue weighted by Crippen LogP contribution is 2.21. The van der Waals surface area contributed by atoms with Crippen molar-refractivity contribution < 1.29 is 9.32 Å². The Labute approximate surface area is 128 Å². The van der Waals surface area contributed by atoms with Gasteiger partial charge in [-0.2, -0.15) is 0 Å². The molecule has 5 nitrogen and oxygen atoms in total. The monoisotopic (exact) mass is 294 g/mol. The number of rotatable bonds is 4. The van der Waals surface area contributed by atoms with Gasteiger partial charge in [0.05, 0.1) is 5.27 Å². The van der Waals surface area contributed by atoms with Crippen molar-refractivity contribution in [1.29, 1.82) is 0 Å². The summed E-state index contributed by atoms with van der Waals surface area (Å²) >= 11 is 0. The lowest BCUT2D eigenvalue weighted by Crippen LogP contribution is -2.39. The van der Waals surface area contributed by atoms with Gasteiger partial charge in [0.1, 0.15) is 0 Å². The fourth-order valence-corrected chi connectivity index (χ4v) is 2.13. The molecule has 1 atom stereocenters. The van der Waals surface area contributed by atoms with E-state index < -0.39 is 0 Å². The van der Waals surface area contributed by atoms with E-state index in [4.69, 9.17) is 4.52 Å². The summed E-state index contributed by atoms with van der Waals surface area (Å²) < 4.78 is 5.16. The Morgan fingerprint density at radius 1 is 1.14 bits per heavy atom. The van der Waals surface area contributed by atoms with Crippen LogP contribution in [0.4, 0.5) is 5.69 Å². The van der Waals surface area contributed by atoms with E-state index in [2.05, 4.69) is 41.3 Å². The Balaban J connectivity index is 1.85. The highest BCUT2D eigenvalue weighted by molar-refractivity contribution is 5.39. The van der Waals surface area contributed by atoms with Crippen LogP contribution in [-0.4, -0.2) is 5.27 Å². The first-order valence-corrected chi connectivity index (χ1v) is 7.39. The molecule has 0 saturated heterocycles. The minimum Gasteiger partial charge on any atom is -0.360 e. The van der Waals surface area contributed by atoms with Crippen molar-refractivity contribution in [3.63, 3.8) is 0 Å². The summed E-state index contributed by atoms with van der Waals surface area (Å²) in [4.78, 5) is 5.78. The summed E-state index contributed by atoms with van der Waals surface area (Å²) in [5, 5.41) is 8.10. The summed E-state index contributed by atoms with van der Waals surface area (Å²) in [5.41, 5.74) is 3.18. The van der Waals surface area contributed by atoms with Gasteiger partial charge in [-0.1, -0.05) is 61.4 Å². The molecule has 0 radical (unpaired) electrons. The Kier molecular flexibility index (Phi) is 4.14. The Morgan fingerprint density at radius 2 is 1.86 bits per heavy atom. The Morgan fingerprint density at radius 3 is 2.55 bits per heavy atom. The maximum Gasteiger partial charge on any atom is 0.252 e. The van der Waals surface area contributed by atoms with Crippen LogP contribution in [0.2, 0.25) is 0 Å². The van der Waals surface area contributed by atoms with Gasteiger partial charge in [0.25, 0.3) is 5.68 Å².